The Hall–Kier alpha value is -2.06. The lowest BCUT2D eigenvalue weighted by molar-refractivity contribution is -0.131. The number of carboxylic acid groups (broad SMARTS) is 1. The summed E-state index contributed by atoms with van der Waals surface area (Å²) in [5, 5.41) is 6.89. The molecule has 6 nitrogen and oxygen atoms in total. The number of carbonyl (C=O) groups is 2. The van der Waals surface area contributed by atoms with Gasteiger partial charge in [-0.2, -0.15) is 0 Å². The fourth-order valence-electron chi connectivity index (χ4n) is 5.01. The zero-order valence-corrected chi connectivity index (χ0v) is 16.1. The van der Waals surface area contributed by atoms with Crippen LogP contribution in [0, 0.1) is 23.5 Å². The highest BCUT2D eigenvalue weighted by Crippen LogP contribution is 2.54. The van der Waals surface area contributed by atoms with Crippen molar-refractivity contribution in [3.63, 3.8) is 0 Å². The summed E-state index contributed by atoms with van der Waals surface area (Å²) in [6, 6.07) is 3.71. The number of hydrogen-bond donors (Lipinski definition) is 1. The van der Waals surface area contributed by atoms with Gasteiger partial charge >= 0.3 is 0 Å². The number of ether oxygens (including phenoxy) is 1. The van der Waals surface area contributed by atoms with Gasteiger partial charge in [-0.25, -0.2) is 8.78 Å². The Kier molecular flexibility index (Phi) is 6.00. The molecule has 4 atom stereocenters. The van der Waals surface area contributed by atoms with E-state index in [0.29, 0.717) is 24.9 Å². The molecular weight excluding hydrogens is 370 g/mol. The van der Waals surface area contributed by atoms with Crippen molar-refractivity contribution in [2.24, 2.45) is 11.8 Å². The highest BCUT2D eigenvalue weighted by atomic mass is 19.1. The second kappa shape index (κ2) is 8.13. The zero-order chi connectivity index (χ0) is 20.5. The number of rotatable bonds is 4. The second-order valence-electron chi connectivity index (χ2n) is 8.05. The molecule has 4 rings (SSSR count). The molecule has 0 radical (unpaired) electrons. The van der Waals surface area contributed by atoms with Gasteiger partial charge in [0.2, 0.25) is 5.91 Å². The lowest BCUT2D eigenvalue weighted by Gasteiger charge is -2.30. The fraction of sp³-hybridized carbons (Fsp3) is 0.600. The fourth-order valence-corrected chi connectivity index (χ4v) is 5.01. The van der Waals surface area contributed by atoms with Crippen LogP contribution in [0.4, 0.5) is 8.78 Å². The van der Waals surface area contributed by atoms with Crippen LogP contribution in [0.25, 0.3) is 0 Å². The molecule has 1 amide bonds. The van der Waals surface area contributed by atoms with Crippen LogP contribution >= 0.6 is 0 Å². The van der Waals surface area contributed by atoms with Crippen LogP contribution < -0.4 is 0 Å². The molecule has 154 valence electrons. The molecule has 1 N–H and O–H groups in total. The first-order chi connectivity index (χ1) is 13.3. The monoisotopic (exact) mass is 396 g/mol. The van der Waals surface area contributed by atoms with Crippen LogP contribution in [0.1, 0.15) is 18.4 Å². The molecule has 1 aromatic carbocycles. The van der Waals surface area contributed by atoms with Crippen molar-refractivity contribution < 1.29 is 28.2 Å². The number of amides is 1. The molecule has 0 unspecified atom stereocenters. The summed E-state index contributed by atoms with van der Waals surface area (Å²) in [6.45, 7) is 1.87. The van der Waals surface area contributed by atoms with E-state index >= 15 is 0 Å². The Balaban J connectivity index is 0.000000706. The Labute approximate surface area is 163 Å². The lowest BCUT2D eigenvalue weighted by atomic mass is 9.73. The minimum absolute atomic E-state index is 0.142. The standard InChI is InChI=1S/C19H24F2N2O2.CH2O2/c1-22(2)9-13-14-10-23(11-19(14)7-6-17(13)25-19)18(24)8-12-15(20)4-3-5-16(12)21;2-1-3/h3-5,13-14,17H,6-11H2,1-2H3;1H,(H,2,3)/t13-,14+,17+,19+;/m0./s1. The van der Waals surface area contributed by atoms with Crippen molar-refractivity contribution >= 4 is 12.4 Å². The van der Waals surface area contributed by atoms with Crippen molar-refractivity contribution in [1.82, 2.24) is 9.80 Å². The molecule has 0 saturated carbocycles. The maximum absolute atomic E-state index is 13.8. The summed E-state index contributed by atoms with van der Waals surface area (Å²) in [6.07, 6.45) is 2.07. The van der Waals surface area contributed by atoms with E-state index in [-0.39, 0.29) is 36.1 Å². The first kappa shape index (κ1) is 20.7. The number of fused-ring (bicyclic) bond motifs is 1. The third-order valence-corrected chi connectivity index (χ3v) is 6.10. The van der Waals surface area contributed by atoms with Gasteiger partial charge in [0, 0.05) is 30.5 Å². The lowest BCUT2D eigenvalue weighted by Crippen LogP contribution is -2.40. The van der Waals surface area contributed by atoms with Crippen LogP contribution in [0.5, 0.6) is 0 Å². The van der Waals surface area contributed by atoms with Gasteiger partial charge < -0.3 is 19.6 Å². The van der Waals surface area contributed by atoms with Crippen molar-refractivity contribution in [3.05, 3.63) is 35.4 Å². The number of halogens is 2. The van der Waals surface area contributed by atoms with Gasteiger partial charge in [0.1, 0.15) is 11.6 Å². The summed E-state index contributed by atoms with van der Waals surface area (Å²) in [7, 11) is 4.11. The maximum atomic E-state index is 13.8. The highest BCUT2D eigenvalue weighted by Gasteiger charge is 2.63. The maximum Gasteiger partial charge on any atom is 0.290 e. The van der Waals surface area contributed by atoms with E-state index in [0.717, 1.165) is 19.4 Å². The first-order valence-corrected chi connectivity index (χ1v) is 9.42. The van der Waals surface area contributed by atoms with Crippen molar-refractivity contribution in [2.75, 3.05) is 33.7 Å². The van der Waals surface area contributed by atoms with Gasteiger partial charge in [-0.15, -0.1) is 0 Å². The minimum Gasteiger partial charge on any atom is -0.483 e. The van der Waals surface area contributed by atoms with Crippen molar-refractivity contribution in [3.8, 4) is 0 Å². The molecule has 0 aromatic heterocycles. The Bertz CT molecular complexity index is 725. The predicted molar refractivity (Wildman–Crippen MR) is 97.7 cm³/mol. The van der Waals surface area contributed by atoms with Crippen LogP contribution in [-0.2, 0) is 20.7 Å². The first-order valence-electron chi connectivity index (χ1n) is 9.42. The molecule has 3 aliphatic rings. The van der Waals surface area contributed by atoms with Crippen LogP contribution in [0.15, 0.2) is 18.2 Å². The number of hydrogen-bond acceptors (Lipinski definition) is 4. The van der Waals surface area contributed by atoms with E-state index in [1.54, 1.807) is 4.90 Å². The van der Waals surface area contributed by atoms with E-state index in [1.807, 2.05) is 0 Å². The van der Waals surface area contributed by atoms with E-state index in [4.69, 9.17) is 14.6 Å². The largest absolute Gasteiger partial charge is 0.483 e. The number of benzene rings is 1. The van der Waals surface area contributed by atoms with E-state index in [2.05, 4.69) is 19.0 Å². The van der Waals surface area contributed by atoms with E-state index < -0.39 is 11.6 Å². The molecular formula is C20H26F2N2O4. The van der Waals surface area contributed by atoms with Gasteiger partial charge in [-0.3, -0.25) is 9.59 Å². The molecule has 1 aromatic rings. The number of likely N-dealkylation sites (tertiary alicyclic amines) is 1. The number of carbonyl (C=O) groups excluding carboxylic acids is 1. The third-order valence-electron chi connectivity index (χ3n) is 6.10. The average Bonchev–Trinajstić information content (AvgIpc) is 3.28. The molecule has 3 heterocycles. The van der Waals surface area contributed by atoms with Crippen molar-refractivity contribution in [1.29, 1.82) is 0 Å². The predicted octanol–water partition coefficient (Wildman–Crippen LogP) is 1.78. The molecule has 28 heavy (non-hydrogen) atoms. The van der Waals surface area contributed by atoms with Gasteiger partial charge in [0.15, 0.2) is 0 Å². The topological polar surface area (TPSA) is 70.1 Å². The highest BCUT2D eigenvalue weighted by molar-refractivity contribution is 5.79. The summed E-state index contributed by atoms with van der Waals surface area (Å²) in [5.74, 6) is -0.791. The third kappa shape index (κ3) is 3.75. The summed E-state index contributed by atoms with van der Waals surface area (Å²) in [4.78, 5) is 25.0. The van der Waals surface area contributed by atoms with Gasteiger partial charge in [0.25, 0.3) is 6.47 Å². The Morgan fingerprint density at radius 1 is 1.39 bits per heavy atom. The van der Waals surface area contributed by atoms with E-state index in [1.165, 1.54) is 18.2 Å². The van der Waals surface area contributed by atoms with Crippen molar-refractivity contribution in [2.45, 2.75) is 31.0 Å². The van der Waals surface area contributed by atoms with E-state index in [9.17, 15) is 13.6 Å². The summed E-state index contributed by atoms with van der Waals surface area (Å²) in [5.41, 5.74) is -0.383. The van der Waals surface area contributed by atoms with Gasteiger partial charge in [0.05, 0.1) is 24.7 Å². The average molecular weight is 396 g/mol. The Morgan fingerprint density at radius 3 is 2.64 bits per heavy atom. The smallest absolute Gasteiger partial charge is 0.290 e. The van der Waals surface area contributed by atoms with Gasteiger partial charge in [-0.1, -0.05) is 6.07 Å². The molecule has 3 fully saturated rings. The van der Waals surface area contributed by atoms with Crippen LogP contribution in [-0.4, -0.2) is 72.7 Å². The second-order valence-corrected chi connectivity index (χ2v) is 8.05. The molecule has 3 aliphatic heterocycles. The molecule has 8 heteroatoms. The molecule has 3 saturated heterocycles. The van der Waals surface area contributed by atoms with Crippen LogP contribution in [0.3, 0.4) is 0 Å². The summed E-state index contributed by atoms with van der Waals surface area (Å²) >= 11 is 0. The number of nitrogens with zero attached hydrogens (tertiary/aromatic N) is 2. The molecule has 1 spiro atoms. The molecule has 0 aliphatic carbocycles. The quantitative estimate of drug-likeness (QED) is 0.786. The van der Waals surface area contributed by atoms with Crippen LogP contribution in [0.2, 0.25) is 0 Å². The SMILES string of the molecule is CN(C)C[C@H]1[C@H]2CN(C(=O)Cc3c(F)cccc3F)C[C@]23CC[C@H]1O3.O=CO. The summed E-state index contributed by atoms with van der Waals surface area (Å²) < 4.78 is 34.0. The molecule has 2 bridgehead atoms. The minimum atomic E-state index is -0.659. The zero-order valence-electron chi connectivity index (χ0n) is 16.1. The Morgan fingerprint density at radius 2 is 2.04 bits per heavy atom. The normalized spacial score (nSPS) is 30.2. The van der Waals surface area contributed by atoms with Gasteiger partial charge in [-0.05, 0) is 39.1 Å².